The Balaban J connectivity index is 1.61. The number of amides is 1. The number of hydrogen-bond acceptors (Lipinski definition) is 2. The normalized spacial score (nSPS) is 22.9. The van der Waals surface area contributed by atoms with Crippen LogP contribution in [0.3, 0.4) is 0 Å². The van der Waals surface area contributed by atoms with Crippen molar-refractivity contribution < 1.29 is 4.79 Å². The summed E-state index contributed by atoms with van der Waals surface area (Å²) in [5.41, 5.74) is 2.81. The molecule has 2 aliphatic rings. The van der Waals surface area contributed by atoms with Gasteiger partial charge in [-0.25, -0.2) is 0 Å². The van der Waals surface area contributed by atoms with Crippen LogP contribution in [0.15, 0.2) is 18.2 Å². The fourth-order valence-corrected chi connectivity index (χ4v) is 3.43. The minimum Gasteiger partial charge on any atom is -0.353 e. The van der Waals surface area contributed by atoms with Crippen LogP contribution < -0.4 is 10.6 Å². The van der Waals surface area contributed by atoms with Gasteiger partial charge in [-0.15, -0.1) is 0 Å². The number of benzene rings is 1. The lowest BCUT2D eigenvalue weighted by atomic mass is 9.85. The zero-order valence-corrected chi connectivity index (χ0v) is 13.5. The molecule has 4 heteroatoms. The summed E-state index contributed by atoms with van der Waals surface area (Å²) in [6.45, 7) is 5.24. The molecular formula is C17H23ClN2O. The Kier molecular flexibility index (Phi) is 3.98. The summed E-state index contributed by atoms with van der Waals surface area (Å²) >= 11 is 6.14. The van der Waals surface area contributed by atoms with E-state index in [4.69, 9.17) is 11.6 Å². The van der Waals surface area contributed by atoms with Crippen molar-refractivity contribution in [1.82, 2.24) is 10.6 Å². The number of halogens is 1. The van der Waals surface area contributed by atoms with E-state index in [-0.39, 0.29) is 17.4 Å². The Labute approximate surface area is 131 Å². The molecule has 21 heavy (non-hydrogen) atoms. The molecule has 0 aromatic heterocycles. The van der Waals surface area contributed by atoms with Crippen molar-refractivity contribution >= 4 is 17.5 Å². The topological polar surface area (TPSA) is 41.1 Å². The second kappa shape index (κ2) is 5.62. The first kappa shape index (κ1) is 14.9. The van der Waals surface area contributed by atoms with Gasteiger partial charge in [-0.3, -0.25) is 4.79 Å². The third kappa shape index (κ3) is 3.41. The summed E-state index contributed by atoms with van der Waals surface area (Å²) in [5, 5.41) is 7.37. The highest BCUT2D eigenvalue weighted by atomic mass is 35.5. The number of nitrogens with one attached hydrogen (secondary N) is 2. The summed E-state index contributed by atoms with van der Waals surface area (Å²) in [5.74, 6) is 0.159. The lowest BCUT2D eigenvalue weighted by Crippen LogP contribution is -2.34. The Hall–Kier alpha value is -1.06. The highest BCUT2D eigenvalue weighted by molar-refractivity contribution is 6.30. The molecule has 0 aliphatic heterocycles. The average Bonchev–Trinajstić information content (AvgIpc) is 3.16. The van der Waals surface area contributed by atoms with Gasteiger partial charge in [0, 0.05) is 30.1 Å². The van der Waals surface area contributed by atoms with E-state index in [1.165, 1.54) is 11.1 Å². The lowest BCUT2D eigenvalue weighted by Gasteiger charge is -2.28. The smallest absolute Gasteiger partial charge is 0.221 e. The first-order valence-electron chi connectivity index (χ1n) is 7.77. The van der Waals surface area contributed by atoms with E-state index >= 15 is 0 Å². The quantitative estimate of drug-likeness (QED) is 0.877. The maximum atomic E-state index is 11.8. The van der Waals surface area contributed by atoms with Crippen molar-refractivity contribution in [3.05, 3.63) is 34.3 Å². The van der Waals surface area contributed by atoms with E-state index in [2.05, 4.69) is 36.6 Å². The van der Waals surface area contributed by atoms with Gasteiger partial charge in [0.2, 0.25) is 5.91 Å². The summed E-state index contributed by atoms with van der Waals surface area (Å²) < 4.78 is 0. The molecule has 1 amide bonds. The molecule has 3 rings (SSSR count). The molecule has 114 valence electrons. The average molecular weight is 307 g/mol. The van der Waals surface area contributed by atoms with Crippen LogP contribution in [0.5, 0.6) is 0 Å². The van der Waals surface area contributed by atoms with Gasteiger partial charge < -0.3 is 10.6 Å². The molecule has 1 aromatic rings. The first-order chi connectivity index (χ1) is 9.95. The van der Waals surface area contributed by atoms with E-state index in [9.17, 15) is 4.79 Å². The molecule has 1 saturated carbocycles. The molecule has 0 bridgehead atoms. The molecular weight excluding hydrogens is 284 g/mol. The second-order valence-electron chi connectivity index (χ2n) is 6.99. The van der Waals surface area contributed by atoms with E-state index in [1.807, 2.05) is 6.07 Å². The monoisotopic (exact) mass is 306 g/mol. The van der Waals surface area contributed by atoms with Gasteiger partial charge in [0.1, 0.15) is 0 Å². The third-order valence-electron chi connectivity index (χ3n) is 4.49. The summed E-state index contributed by atoms with van der Waals surface area (Å²) in [7, 11) is 0. The van der Waals surface area contributed by atoms with Crippen LogP contribution in [0.2, 0.25) is 5.02 Å². The second-order valence-corrected chi connectivity index (χ2v) is 7.42. The zero-order chi connectivity index (χ0) is 15.0. The number of rotatable bonds is 5. The van der Waals surface area contributed by atoms with E-state index < -0.39 is 0 Å². The SMILES string of the molecule is CC1(C)Cc2ccc(Cl)cc2C1NCCC(=O)NC1CC1. The first-order valence-corrected chi connectivity index (χ1v) is 8.14. The number of carbonyl (C=O) groups is 1. The largest absolute Gasteiger partial charge is 0.353 e. The van der Waals surface area contributed by atoms with Crippen LogP contribution in [-0.2, 0) is 11.2 Å². The molecule has 0 saturated heterocycles. The van der Waals surface area contributed by atoms with Gasteiger partial charge in [0.25, 0.3) is 0 Å². The van der Waals surface area contributed by atoms with Crippen LogP contribution in [0.25, 0.3) is 0 Å². The molecule has 2 aliphatic carbocycles. The Morgan fingerprint density at radius 1 is 1.38 bits per heavy atom. The summed E-state index contributed by atoms with van der Waals surface area (Å²) in [6, 6.07) is 6.86. The maximum absolute atomic E-state index is 11.8. The minimum absolute atomic E-state index is 0.153. The van der Waals surface area contributed by atoms with Gasteiger partial charge in [-0.05, 0) is 47.9 Å². The minimum atomic E-state index is 0.153. The maximum Gasteiger partial charge on any atom is 0.221 e. The molecule has 0 radical (unpaired) electrons. The van der Waals surface area contributed by atoms with Gasteiger partial charge in [-0.1, -0.05) is 31.5 Å². The molecule has 2 N–H and O–H groups in total. The molecule has 1 fully saturated rings. The van der Waals surface area contributed by atoms with Crippen LogP contribution >= 0.6 is 11.6 Å². The van der Waals surface area contributed by atoms with E-state index in [1.54, 1.807) is 0 Å². The Bertz CT molecular complexity index is 552. The molecule has 1 unspecified atom stereocenters. The van der Waals surface area contributed by atoms with Gasteiger partial charge >= 0.3 is 0 Å². The van der Waals surface area contributed by atoms with Crippen molar-refractivity contribution in [3.8, 4) is 0 Å². The van der Waals surface area contributed by atoms with Gasteiger partial charge in [0.05, 0.1) is 0 Å². The predicted octanol–water partition coefficient (Wildman–Crippen LogP) is 3.22. The van der Waals surface area contributed by atoms with E-state index in [0.29, 0.717) is 19.0 Å². The van der Waals surface area contributed by atoms with Gasteiger partial charge in [0.15, 0.2) is 0 Å². The Morgan fingerprint density at radius 3 is 2.86 bits per heavy atom. The van der Waals surface area contributed by atoms with Crippen molar-refractivity contribution in [2.75, 3.05) is 6.54 Å². The van der Waals surface area contributed by atoms with Crippen LogP contribution in [0.1, 0.15) is 50.3 Å². The number of carbonyl (C=O) groups excluding carboxylic acids is 1. The van der Waals surface area contributed by atoms with Crippen molar-refractivity contribution in [2.24, 2.45) is 5.41 Å². The fraction of sp³-hybridized carbons (Fsp3) is 0.588. The summed E-state index contributed by atoms with van der Waals surface area (Å²) in [6.07, 6.45) is 3.87. The molecule has 1 aromatic carbocycles. The Morgan fingerprint density at radius 2 is 2.14 bits per heavy atom. The van der Waals surface area contributed by atoms with Gasteiger partial charge in [-0.2, -0.15) is 0 Å². The molecule has 0 heterocycles. The standard InChI is InChI=1S/C17H23ClN2O/c1-17(2)10-11-3-4-12(18)9-14(11)16(17)19-8-7-15(21)20-13-5-6-13/h3-4,9,13,16,19H,5-8,10H2,1-2H3,(H,20,21). The number of fused-ring (bicyclic) bond motifs is 1. The third-order valence-corrected chi connectivity index (χ3v) is 4.72. The van der Waals surface area contributed by atoms with Crippen LogP contribution in [0, 0.1) is 5.41 Å². The predicted molar refractivity (Wildman–Crippen MR) is 85.5 cm³/mol. The molecule has 0 spiro atoms. The molecule has 1 atom stereocenters. The molecule has 3 nitrogen and oxygen atoms in total. The number of hydrogen-bond donors (Lipinski definition) is 2. The van der Waals surface area contributed by atoms with Crippen LogP contribution in [0.4, 0.5) is 0 Å². The lowest BCUT2D eigenvalue weighted by molar-refractivity contribution is -0.121. The van der Waals surface area contributed by atoms with Crippen molar-refractivity contribution in [1.29, 1.82) is 0 Å². The van der Waals surface area contributed by atoms with Crippen molar-refractivity contribution in [3.63, 3.8) is 0 Å². The van der Waals surface area contributed by atoms with Crippen molar-refractivity contribution in [2.45, 2.75) is 51.6 Å². The van der Waals surface area contributed by atoms with E-state index in [0.717, 1.165) is 24.3 Å². The zero-order valence-electron chi connectivity index (χ0n) is 12.7. The highest BCUT2D eigenvalue weighted by Gasteiger charge is 2.38. The van der Waals surface area contributed by atoms with Crippen LogP contribution in [-0.4, -0.2) is 18.5 Å². The highest BCUT2D eigenvalue weighted by Crippen LogP contribution is 2.45. The summed E-state index contributed by atoms with van der Waals surface area (Å²) in [4.78, 5) is 11.8. The fourth-order valence-electron chi connectivity index (χ4n) is 3.25.